The molecule has 1 aliphatic carbocycles. The number of aromatic carboxylic acids is 1. The van der Waals surface area contributed by atoms with E-state index in [4.69, 9.17) is 21.4 Å². The summed E-state index contributed by atoms with van der Waals surface area (Å²) in [6.07, 6.45) is 3.05. The van der Waals surface area contributed by atoms with Gasteiger partial charge in [-0.25, -0.2) is 4.79 Å². The Morgan fingerprint density at radius 2 is 1.63 bits per heavy atom. The number of nitrogens with one attached hydrogen (secondary N) is 3. The van der Waals surface area contributed by atoms with Crippen LogP contribution in [0, 0.1) is 0 Å². The molecule has 0 bridgehead atoms. The highest BCUT2D eigenvalue weighted by Gasteiger charge is 2.26. The van der Waals surface area contributed by atoms with Crippen molar-refractivity contribution in [2.75, 3.05) is 10.6 Å². The second-order valence-corrected chi connectivity index (χ2v) is 9.29. The average Bonchev–Trinajstić information content (AvgIpc) is 2.87. The summed E-state index contributed by atoms with van der Waals surface area (Å²) in [4.78, 5) is 49.9. The largest absolute Gasteiger partial charge is 0.488 e. The highest BCUT2D eigenvalue weighted by molar-refractivity contribution is 6.40. The maximum Gasteiger partial charge on any atom is 0.335 e. The summed E-state index contributed by atoms with van der Waals surface area (Å²) in [5, 5.41) is 17.1. The van der Waals surface area contributed by atoms with Crippen molar-refractivity contribution in [3.8, 4) is 5.75 Å². The maximum absolute atomic E-state index is 13.1. The minimum Gasteiger partial charge on any atom is -0.488 e. The SMILES string of the molecule is O=C(Nc1cc(Cl)ccc1OC1CCC1)C(=O)NC(Cc1ccccc1)C(=O)Nc1ccc(C(=O)O)cc1. The summed E-state index contributed by atoms with van der Waals surface area (Å²) in [7, 11) is 0. The van der Waals surface area contributed by atoms with Crippen LogP contribution in [-0.2, 0) is 20.8 Å². The van der Waals surface area contributed by atoms with Gasteiger partial charge < -0.3 is 25.8 Å². The molecule has 1 atom stereocenters. The van der Waals surface area contributed by atoms with Crippen molar-refractivity contribution in [1.29, 1.82) is 0 Å². The first kappa shape index (κ1) is 26.7. The van der Waals surface area contributed by atoms with Gasteiger partial charge in [0.1, 0.15) is 11.8 Å². The van der Waals surface area contributed by atoms with Crippen molar-refractivity contribution in [3.05, 3.63) is 88.9 Å². The molecule has 38 heavy (non-hydrogen) atoms. The van der Waals surface area contributed by atoms with E-state index < -0.39 is 29.7 Å². The number of anilines is 2. The zero-order chi connectivity index (χ0) is 27.1. The standard InChI is InChI=1S/C28H26ClN3O6/c29-19-11-14-24(38-21-7-4-8-21)22(16-19)31-26(34)27(35)32-23(15-17-5-2-1-3-6-17)25(33)30-20-12-9-18(10-13-20)28(36)37/h1-3,5-6,9-14,16,21,23H,4,7-8,15H2,(H,30,33)(H,31,34)(H,32,35)(H,36,37). The van der Waals surface area contributed by atoms with Crippen LogP contribution in [0.15, 0.2) is 72.8 Å². The van der Waals surface area contributed by atoms with Gasteiger partial charge in [0, 0.05) is 17.1 Å². The molecule has 0 heterocycles. The lowest BCUT2D eigenvalue weighted by Gasteiger charge is -2.27. The molecule has 0 saturated heterocycles. The van der Waals surface area contributed by atoms with Gasteiger partial charge in [-0.05, 0) is 67.3 Å². The van der Waals surface area contributed by atoms with Crippen LogP contribution in [0.3, 0.4) is 0 Å². The van der Waals surface area contributed by atoms with Crippen molar-refractivity contribution >= 4 is 46.7 Å². The molecule has 0 aliphatic heterocycles. The zero-order valence-electron chi connectivity index (χ0n) is 20.3. The highest BCUT2D eigenvalue weighted by Crippen LogP contribution is 2.32. The molecule has 3 amide bonds. The third-order valence-corrected chi connectivity index (χ3v) is 6.28. The molecule has 3 aromatic rings. The molecule has 1 fully saturated rings. The van der Waals surface area contributed by atoms with Crippen LogP contribution >= 0.6 is 11.6 Å². The normalized spacial score (nSPS) is 13.5. The van der Waals surface area contributed by atoms with Crippen LogP contribution in [0.1, 0.15) is 35.2 Å². The van der Waals surface area contributed by atoms with E-state index in [0.717, 1.165) is 24.8 Å². The average molecular weight is 536 g/mol. The fourth-order valence-corrected chi connectivity index (χ4v) is 3.93. The molecule has 9 nitrogen and oxygen atoms in total. The smallest absolute Gasteiger partial charge is 0.335 e. The second kappa shape index (κ2) is 12.2. The number of halogens is 1. The second-order valence-electron chi connectivity index (χ2n) is 8.85. The quantitative estimate of drug-likeness (QED) is 0.302. The monoisotopic (exact) mass is 535 g/mol. The number of hydrogen-bond donors (Lipinski definition) is 4. The molecular formula is C28H26ClN3O6. The lowest BCUT2D eigenvalue weighted by molar-refractivity contribution is -0.137. The Labute approximate surface area is 224 Å². The topological polar surface area (TPSA) is 134 Å². The fraction of sp³-hybridized carbons (Fsp3) is 0.214. The number of carboxylic acid groups (broad SMARTS) is 1. The van der Waals surface area contributed by atoms with Gasteiger partial charge in [0.15, 0.2) is 0 Å². The summed E-state index contributed by atoms with van der Waals surface area (Å²) < 4.78 is 5.90. The Kier molecular flexibility index (Phi) is 8.60. The van der Waals surface area contributed by atoms with Gasteiger partial charge in [0.2, 0.25) is 5.91 Å². The van der Waals surface area contributed by atoms with Crippen LogP contribution in [0.2, 0.25) is 5.02 Å². The van der Waals surface area contributed by atoms with E-state index in [9.17, 15) is 19.2 Å². The van der Waals surface area contributed by atoms with Gasteiger partial charge in [-0.2, -0.15) is 0 Å². The predicted molar refractivity (Wildman–Crippen MR) is 142 cm³/mol. The van der Waals surface area contributed by atoms with E-state index in [1.807, 2.05) is 6.07 Å². The van der Waals surface area contributed by atoms with Crippen molar-refractivity contribution in [2.45, 2.75) is 37.8 Å². The number of carboxylic acids is 1. The first-order valence-corrected chi connectivity index (χ1v) is 12.4. The van der Waals surface area contributed by atoms with Crippen LogP contribution in [0.5, 0.6) is 5.75 Å². The maximum atomic E-state index is 13.1. The Bertz CT molecular complexity index is 1330. The Hall–Kier alpha value is -4.37. The summed E-state index contributed by atoms with van der Waals surface area (Å²) in [5.41, 5.74) is 1.43. The summed E-state index contributed by atoms with van der Waals surface area (Å²) in [5.74, 6) is -3.26. The molecule has 0 aromatic heterocycles. The van der Waals surface area contributed by atoms with Gasteiger partial charge in [-0.15, -0.1) is 0 Å². The van der Waals surface area contributed by atoms with E-state index in [1.54, 1.807) is 36.4 Å². The summed E-state index contributed by atoms with van der Waals surface area (Å²) in [6, 6.07) is 18.3. The van der Waals surface area contributed by atoms with E-state index in [2.05, 4.69) is 16.0 Å². The first-order valence-electron chi connectivity index (χ1n) is 12.0. The molecule has 1 unspecified atom stereocenters. The third kappa shape index (κ3) is 7.10. The number of carbonyl (C=O) groups excluding carboxylic acids is 3. The molecule has 10 heteroatoms. The van der Waals surface area contributed by atoms with Crippen molar-refractivity contribution in [3.63, 3.8) is 0 Å². The lowest BCUT2D eigenvalue weighted by Crippen LogP contribution is -2.49. The van der Waals surface area contributed by atoms with Crippen molar-refractivity contribution in [1.82, 2.24) is 5.32 Å². The lowest BCUT2D eigenvalue weighted by atomic mass is 9.96. The molecule has 1 saturated carbocycles. The summed E-state index contributed by atoms with van der Waals surface area (Å²) in [6.45, 7) is 0. The number of benzene rings is 3. The van der Waals surface area contributed by atoms with Gasteiger partial charge in [-0.3, -0.25) is 14.4 Å². The van der Waals surface area contributed by atoms with E-state index in [-0.39, 0.29) is 23.8 Å². The highest BCUT2D eigenvalue weighted by atomic mass is 35.5. The van der Waals surface area contributed by atoms with E-state index >= 15 is 0 Å². The minimum absolute atomic E-state index is 0.0455. The van der Waals surface area contributed by atoms with E-state index in [1.165, 1.54) is 30.3 Å². The number of rotatable bonds is 9. The van der Waals surface area contributed by atoms with Crippen molar-refractivity contribution in [2.24, 2.45) is 0 Å². The zero-order valence-corrected chi connectivity index (χ0v) is 21.0. The molecule has 196 valence electrons. The predicted octanol–water partition coefficient (Wildman–Crippen LogP) is 4.27. The number of ether oxygens (including phenoxy) is 1. The van der Waals surface area contributed by atoms with Crippen LogP contribution < -0.4 is 20.7 Å². The first-order chi connectivity index (χ1) is 18.3. The Balaban J connectivity index is 1.46. The third-order valence-electron chi connectivity index (χ3n) is 6.05. The number of carbonyl (C=O) groups is 4. The van der Waals surface area contributed by atoms with E-state index in [0.29, 0.717) is 16.5 Å². The minimum atomic E-state index is -1.10. The van der Waals surface area contributed by atoms with Gasteiger partial charge in [0.05, 0.1) is 17.4 Å². The molecule has 4 rings (SSSR count). The molecule has 0 radical (unpaired) electrons. The summed E-state index contributed by atoms with van der Waals surface area (Å²) >= 11 is 6.09. The molecule has 4 N–H and O–H groups in total. The van der Waals surface area contributed by atoms with Crippen LogP contribution in [-0.4, -0.2) is 40.9 Å². The Morgan fingerprint density at radius 3 is 2.26 bits per heavy atom. The molecule has 0 spiro atoms. The van der Waals surface area contributed by atoms with Gasteiger partial charge in [-0.1, -0.05) is 41.9 Å². The molecular weight excluding hydrogens is 510 g/mol. The fourth-order valence-electron chi connectivity index (χ4n) is 3.76. The number of hydrogen-bond acceptors (Lipinski definition) is 5. The van der Waals surface area contributed by atoms with Gasteiger partial charge in [0.25, 0.3) is 0 Å². The van der Waals surface area contributed by atoms with Crippen molar-refractivity contribution < 1.29 is 29.0 Å². The van der Waals surface area contributed by atoms with Gasteiger partial charge >= 0.3 is 17.8 Å². The van der Waals surface area contributed by atoms with Crippen LogP contribution in [0.25, 0.3) is 0 Å². The van der Waals surface area contributed by atoms with Crippen LogP contribution in [0.4, 0.5) is 11.4 Å². The Morgan fingerprint density at radius 1 is 0.921 bits per heavy atom. The molecule has 3 aromatic carbocycles. The molecule has 1 aliphatic rings. The number of amides is 3.